The van der Waals surface area contributed by atoms with Crippen molar-refractivity contribution >= 4 is 22.9 Å². The third kappa shape index (κ3) is 2.14. The summed E-state index contributed by atoms with van der Waals surface area (Å²) >= 11 is 0. The summed E-state index contributed by atoms with van der Waals surface area (Å²) < 4.78 is 0. The number of nitrogens with one attached hydrogen (secondary N) is 1. The quantitative estimate of drug-likeness (QED) is 0.831. The SMILES string of the molecule is C=C1C(=O)Nc2cc(O)c(-c3ccc(N(C)C)cc3)cc21. The van der Waals surface area contributed by atoms with Crippen molar-refractivity contribution in [3.05, 3.63) is 48.5 Å². The molecule has 0 fully saturated rings. The molecule has 4 nitrogen and oxygen atoms in total. The first-order valence-corrected chi connectivity index (χ1v) is 6.63. The molecule has 1 aliphatic rings. The molecular formula is C17H16N2O2. The lowest BCUT2D eigenvalue weighted by molar-refractivity contribution is -0.110. The molecule has 2 aromatic rings. The van der Waals surface area contributed by atoms with Crippen molar-refractivity contribution in [1.82, 2.24) is 0 Å². The average Bonchev–Trinajstić information content (AvgIpc) is 2.73. The summed E-state index contributed by atoms with van der Waals surface area (Å²) in [5.74, 6) is -0.0779. The highest BCUT2D eigenvalue weighted by Gasteiger charge is 2.24. The molecule has 0 radical (unpaired) electrons. The third-order valence-electron chi connectivity index (χ3n) is 3.68. The summed E-state index contributed by atoms with van der Waals surface area (Å²) in [5.41, 5.74) is 4.45. The Morgan fingerprint density at radius 3 is 2.38 bits per heavy atom. The van der Waals surface area contributed by atoms with Crippen molar-refractivity contribution in [2.24, 2.45) is 0 Å². The van der Waals surface area contributed by atoms with Crippen LogP contribution in [0, 0.1) is 0 Å². The fourth-order valence-corrected chi connectivity index (χ4v) is 2.43. The van der Waals surface area contributed by atoms with Crippen LogP contribution in [0.1, 0.15) is 5.56 Å². The number of phenols is 1. The average molecular weight is 280 g/mol. The Kier molecular flexibility index (Phi) is 2.94. The zero-order valence-corrected chi connectivity index (χ0v) is 12.0. The standard InChI is InChI=1S/C17H16N2O2/c1-10-13-8-14(16(20)9-15(13)18-17(10)21)11-4-6-12(7-5-11)19(2)3/h4-9,20H,1H2,2-3H3,(H,18,21). The van der Waals surface area contributed by atoms with Gasteiger partial charge in [-0.15, -0.1) is 0 Å². The van der Waals surface area contributed by atoms with E-state index in [1.807, 2.05) is 43.3 Å². The molecule has 21 heavy (non-hydrogen) atoms. The van der Waals surface area contributed by atoms with Crippen molar-refractivity contribution in [3.8, 4) is 16.9 Å². The first-order chi connectivity index (χ1) is 9.97. The largest absolute Gasteiger partial charge is 0.507 e. The van der Waals surface area contributed by atoms with Crippen LogP contribution in [-0.2, 0) is 4.79 Å². The molecule has 4 heteroatoms. The van der Waals surface area contributed by atoms with Crippen LogP contribution in [0.25, 0.3) is 16.7 Å². The van der Waals surface area contributed by atoms with Gasteiger partial charge in [-0.1, -0.05) is 18.7 Å². The maximum Gasteiger partial charge on any atom is 0.255 e. The molecule has 0 saturated heterocycles. The molecule has 1 amide bonds. The summed E-state index contributed by atoms with van der Waals surface area (Å²) in [4.78, 5) is 13.6. The minimum absolute atomic E-state index is 0.140. The van der Waals surface area contributed by atoms with Gasteiger partial charge < -0.3 is 15.3 Å². The Hall–Kier alpha value is -2.75. The van der Waals surface area contributed by atoms with E-state index in [0.717, 1.165) is 16.8 Å². The molecular weight excluding hydrogens is 264 g/mol. The Labute approximate surface area is 123 Å². The number of hydrogen-bond donors (Lipinski definition) is 2. The molecule has 106 valence electrons. The molecule has 0 atom stereocenters. The van der Waals surface area contributed by atoms with Crippen molar-refractivity contribution in [3.63, 3.8) is 0 Å². The lowest BCUT2D eigenvalue weighted by atomic mass is 9.99. The fraction of sp³-hybridized carbons (Fsp3) is 0.118. The first kappa shape index (κ1) is 13.2. The van der Waals surface area contributed by atoms with Crippen LogP contribution in [0.4, 0.5) is 11.4 Å². The molecule has 0 spiro atoms. The van der Waals surface area contributed by atoms with E-state index in [1.165, 1.54) is 0 Å². The second-order valence-corrected chi connectivity index (χ2v) is 5.29. The van der Waals surface area contributed by atoms with E-state index in [1.54, 1.807) is 12.1 Å². The van der Waals surface area contributed by atoms with Gasteiger partial charge in [0.05, 0.1) is 5.69 Å². The molecule has 1 heterocycles. The molecule has 2 aromatic carbocycles. The van der Waals surface area contributed by atoms with Gasteiger partial charge in [0.15, 0.2) is 0 Å². The lowest BCUT2D eigenvalue weighted by Gasteiger charge is -2.13. The van der Waals surface area contributed by atoms with E-state index in [4.69, 9.17) is 0 Å². The Morgan fingerprint density at radius 2 is 1.76 bits per heavy atom. The van der Waals surface area contributed by atoms with E-state index in [0.29, 0.717) is 16.8 Å². The number of nitrogens with zero attached hydrogens (tertiary/aromatic N) is 1. The van der Waals surface area contributed by atoms with Crippen molar-refractivity contribution in [2.75, 3.05) is 24.3 Å². The number of carbonyl (C=O) groups excluding carboxylic acids is 1. The van der Waals surface area contributed by atoms with Crippen LogP contribution in [-0.4, -0.2) is 25.1 Å². The third-order valence-corrected chi connectivity index (χ3v) is 3.68. The van der Waals surface area contributed by atoms with E-state index >= 15 is 0 Å². The van der Waals surface area contributed by atoms with Gasteiger partial charge in [-0.25, -0.2) is 0 Å². The van der Waals surface area contributed by atoms with Gasteiger partial charge in [-0.2, -0.15) is 0 Å². The zero-order valence-electron chi connectivity index (χ0n) is 12.0. The number of benzene rings is 2. The number of anilines is 2. The van der Waals surface area contributed by atoms with Crippen molar-refractivity contribution < 1.29 is 9.90 Å². The van der Waals surface area contributed by atoms with Gasteiger partial charge >= 0.3 is 0 Å². The van der Waals surface area contributed by atoms with Crippen LogP contribution in [0.2, 0.25) is 0 Å². The van der Waals surface area contributed by atoms with Crippen LogP contribution >= 0.6 is 0 Å². The van der Waals surface area contributed by atoms with Crippen LogP contribution < -0.4 is 10.2 Å². The molecule has 3 rings (SSSR count). The molecule has 2 N–H and O–H groups in total. The van der Waals surface area contributed by atoms with Crippen LogP contribution in [0.5, 0.6) is 5.75 Å². The Morgan fingerprint density at radius 1 is 1.10 bits per heavy atom. The van der Waals surface area contributed by atoms with E-state index in [-0.39, 0.29) is 11.7 Å². The monoisotopic (exact) mass is 280 g/mol. The zero-order chi connectivity index (χ0) is 15.1. The number of amides is 1. The highest BCUT2D eigenvalue weighted by Crippen LogP contribution is 2.40. The van der Waals surface area contributed by atoms with Crippen molar-refractivity contribution in [2.45, 2.75) is 0 Å². The van der Waals surface area contributed by atoms with Gasteiger partial charge in [0, 0.05) is 42.5 Å². The van der Waals surface area contributed by atoms with Gasteiger partial charge in [0.1, 0.15) is 5.75 Å². The topological polar surface area (TPSA) is 52.6 Å². The number of fused-ring (bicyclic) bond motifs is 1. The van der Waals surface area contributed by atoms with Gasteiger partial charge in [0.25, 0.3) is 5.91 Å². The van der Waals surface area contributed by atoms with Crippen LogP contribution in [0.15, 0.2) is 43.0 Å². The van der Waals surface area contributed by atoms with Crippen molar-refractivity contribution in [1.29, 1.82) is 0 Å². The fourth-order valence-electron chi connectivity index (χ4n) is 2.43. The second-order valence-electron chi connectivity index (χ2n) is 5.29. The van der Waals surface area contributed by atoms with E-state index < -0.39 is 0 Å². The summed E-state index contributed by atoms with van der Waals surface area (Å²) in [6, 6.07) is 11.2. The molecule has 1 aliphatic heterocycles. The Bertz CT molecular complexity index is 746. The minimum Gasteiger partial charge on any atom is -0.507 e. The first-order valence-electron chi connectivity index (χ1n) is 6.63. The molecule has 0 unspecified atom stereocenters. The molecule has 0 aliphatic carbocycles. The second kappa shape index (κ2) is 4.66. The minimum atomic E-state index is -0.218. The number of rotatable bonds is 2. The van der Waals surface area contributed by atoms with E-state index in [2.05, 4.69) is 11.9 Å². The number of phenolic OH excluding ortho intramolecular Hbond substituents is 1. The summed E-state index contributed by atoms with van der Waals surface area (Å²) in [7, 11) is 3.95. The molecule has 0 aromatic heterocycles. The van der Waals surface area contributed by atoms with Gasteiger partial charge in [-0.3, -0.25) is 4.79 Å². The summed E-state index contributed by atoms with van der Waals surface area (Å²) in [6.07, 6.45) is 0. The lowest BCUT2D eigenvalue weighted by Crippen LogP contribution is -2.07. The number of carbonyl (C=O) groups is 1. The number of hydrogen-bond acceptors (Lipinski definition) is 3. The highest BCUT2D eigenvalue weighted by molar-refractivity contribution is 6.31. The Balaban J connectivity index is 2.07. The van der Waals surface area contributed by atoms with E-state index in [9.17, 15) is 9.90 Å². The predicted octanol–water partition coefficient (Wildman–Crippen LogP) is 3.09. The smallest absolute Gasteiger partial charge is 0.255 e. The van der Waals surface area contributed by atoms with Gasteiger partial charge in [0.2, 0.25) is 0 Å². The van der Waals surface area contributed by atoms with Crippen LogP contribution in [0.3, 0.4) is 0 Å². The maximum absolute atomic E-state index is 11.6. The molecule has 0 saturated carbocycles. The highest BCUT2D eigenvalue weighted by atomic mass is 16.3. The maximum atomic E-state index is 11.6. The summed E-state index contributed by atoms with van der Waals surface area (Å²) in [6.45, 7) is 3.78. The number of aromatic hydroxyl groups is 1. The summed E-state index contributed by atoms with van der Waals surface area (Å²) in [5, 5.41) is 12.9. The predicted molar refractivity (Wildman–Crippen MR) is 85.5 cm³/mol. The van der Waals surface area contributed by atoms with Gasteiger partial charge in [-0.05, 0) is 23.8 Å². The molecule has 0 bridgehead atoms. The normalized spacial score (nSPS) is 13.0.